The molecule has 1 N–H and O–H groups in total. The maximum atomic E-state index is 4.70. The number of nitrogens with zero attached hydrogens (tertiary/aromatic N) is 2. The third-order valence-electron chi connectivity index (χ3n) is 4.05. The lowest BCUT2D eigenvalue weighted by atomic mass is 10.0. The van der Waals surface area contributed by atoms with Gasteiger partial charge in [-0.15, -0.1) is 0 Å². The summed E-state index contributed by atoms with van der Waals surface area (Å²) in [6.45, 7) is 6.51. The van der Waals surface area contributed by atoms with Gasteiger partial charge in [-0.05, 0) is 50.6 Å². The van der Waals surface area contributed by atoms with Crippen LogP contribution in [0.15, 0.2) is 34.9 Å². The van der Waals surface area contributed by atoms with E-state index in [1.54, 1.807) is 0 Å². The predicted octanol–water partition coefficient (Wildman–Crippen LogP) is 4.43. The fourth-order valence-corrected chi connectivity index (χ4v) is 2.65. The normalized spacial score (nSPS) is 14.1. The Kier molecular flexibility index (Phi) is 5.59. The summed E-state index contributed by atoms with van der Waals surface area (Å²) < 4.78 is 3.22. The molecule has 0 bridgehead atoms. The molecule has 1 aromatic heterocycles. The highest BCUT2D eigenvalue weighted by Gasteiger charge is 2.13. The molecule has 0 aliphatic carbocycles. The van der Waals surface area contributed by atoms with Crippen LogP contribution in [-0.2, 0) is 6.42 Å². The van der Waals surface area contributed by atoms with E-state index in [1.165, 1.54) is 11.1 Å². The number of aromatic nitrogens is 2. The van der Waals surface area contributed by atoms with E-state index in [0.29, 0.717) is 6.04 Å². The quantitative estimate of drug-likeness (QED) is 0.835. The summed E-state index contributed by atoms with van der Waals surface area (Å²) in [6, 6.07) is 9.40. The molecule has 0 amide bonds. The molecule has 2 aromatic rings. The van der Waals surface area contributed by atoms with E-state index in [0.717, 1.165) is 23.0 Å². The minimum absolute atomic E-state index is 0.289. The van der Waals surface area contributed by atoms with Gasteiger partial charge in [-0.3, -0.25) is 4.68 Å². The van der Waals surface area contributed by atoms with Crippen molar-refractivity contribution in [1.82, 2.24) is 15.1 Å². The second kappa shape index (κ2) is 7.23. The first-order valence-corrected chi connectivity index (χ1v) is 8.31. The molecule has 114 valence electrons. The highest BCUT2D eigenvalue weighted by Crippen LogP contribution is 2.23. The smallest absolute Gasteiger partial charge is 0.0643 e. The molecule has 0 fully saturated rings. The van der Waals surface area contributed by atoms with Gasteiger partial charge in [0.05, 0.1) is 5.69 Å². The van der Waals surface area contributed by atoms with E-state index in [-0.39, 0.29) is 6.04 Å². The molecular formula is C17H24BrN3. The Balaban J connectivity index is 2.15. The molecule has 0 spiro atoms. The van der Waals surface area contributed by atoms with E-state index in [4.69, 9.17) is 5.10 Å². The minimum Gasteiger partial charge on any atom is -0.313 e. The third-order valence-corrected chi connectivity index (χ3v) is 4.94. The maximum absolute atomic E-state index is 4.70. The van der Waals surface area contributed by atoms with Crippen LogP contribution in [0.25, 0.3) is 0 Å². The summed E-state index contributed by atoms with van der Waals surface area (Å²) in [4.78, 5) is 0. The Morgan fingerprint density at radius 1 is 1.33 bits per heavy atom. The first kappa shape index (κ1) is 16.2. The number of likely N-dealkylation sites (N-methyl/N-ethyl adjacent to an activating group) is 1. The molecule has 0 radical (unpaired) electrons. The topological polar surface area (TPSA) is 29.9 Å². The third kappa shape index (κ3) is 3.95. The maximum Gasteiger partial charge on any atom is 0.0643 e. The van der Waals surface area contributed by atoms with Crippen molar-refractivity contribution in [2.75, 3.05) is 7.05 Å². The molecular weight excluding hydrogens is 326 g/mol. The van der Waals surface area contributed by atoms with Crippen molar-refractivity contribution in [2.45, 2.75) is 45.7 Å². The molecule has 2 rings (SSSR count). The van der Waals surface area contributed by atoms with Crippen molar-refractivity contribution in [2.24, 2.45) is 0 Å². The van der Waals surface area contributed by atoms with E-state index < -0.39 is 0 Å². The number of halogens is 1. The highest BCUT2D eigenvalue weighted by atomic mass is 79.9. The standard InChI is InChI=1S/C17H24BrN3/c1-5-13(3)21-9-8-15(20-21)11-17(19-4)14-6-7-16(18)12(2)10-14/h6-10,13,17,19H,5,11H2,1-4H3. The average Bonchev–Trinajstić information content (AvgIpc) is 2.95. The zero-order valence-electron chi connectivity index (χ0n) is 13.2. The molecule has 2 unspecified atom stereocenters. The molecule has 1 heterocycles. The van der Waals surface area contributed by atoms with Crippen LogP contribution >= 0.6 is 15.9 Å². The number of hydrogen-bond donors (Lipinski definition) is 1. The van der Waals surface area contributed by atoms with Gasteiger partial charge in [-0.2, -0.15) is 5.10 Å². The van der Waals surface area contributed by atoms with Gasteiger partial charge in [0.2, 0.25) is 0 Å². The van der Waals surface area contributed by atoms with Crippen LogP contribution in [0.3, 0.4) is 0 Å². The van der Waals surface area contributed by atoms with Gasteiger partial charge in [0.15, 0.2) is 0 Å². The van der Waals surface area contributed by atoms with Crippen molar-refractivity contribution in [3.8, 4) is 0 Å². The van der Waals surface area contributed by atoms with E-state index >= 15 is 0 Å². The summed E-state index contributed by atoms with van der Waals surface area (Å²) in [5, 5.41) is 8.10. The van der Waals surface area contributed by atoms with Crippen molar-refractivity contribution in [1.29, 1.82) is 0 Å². The fourth-order valence-electron chi connectivity index (χ4n) is 2.40. The van der Waals surface area contributed by atoms with E-state index in [2.05, 4.69) is 77.2 Å². The van der Waals surface area contributed by atoms with E-state index in [9.17, 15) is 0 Å². The molecule has 4 heteroatoms. The Labute approximate surface area is 135 Å². The number of benzene rings is 1. The van der Waals surface area contributed by atoms with Crippen molar-refractivity contribution in [3.63, 3.8) is 0 Å². The molecule has 0 aliphatic rings. The number of hydrogen-bond acceptors (Lipinski definition) is 2. The lowest BCUT2D eigenvalue weighted by Crippen LogP contribution is -2.19. The monoisotopic (exact) mass is 349 g/mol. The lowest BCUT2D eigenvalue weighted by Gasteiger charge is -2.17. The number of nitrogens with one attached hydrogen (secondary N) is 1. The average molecular weight is 350 g/mol. The van der Waals surface area contributed by atoms with Gasteiger partial charge in [-0.1, -0.05) is 35.0 Å². The van der Waals surface area contributed by atoms with Crippen LogP contribution < -0.4 is 5.32 Å². The molecule has 3 nitrogen and oxygen atoms in total. The lowest BCUT2D eigenvalue weighted by molar-refractivity contribution is 0.469. The largest absolute Gasteiger partial charge is 0.313 e. The van der Waals surface area contributed by atoms with Gasteiger partial charge >= 0.3 is 0 Å². The summed E-state index contributed by atoms with van der Waals surface area (Å²) in [7, 11) is 2.01. The fraction of sp³-hybridized carbons (Fsp3) is 0.471. The van der Waals surface area contributed by atoms with Crippen molar-refractivity contribution in [3.05, 3.63) is 51.8 Å². The Bertz CT molecular complexity index is 591. The molecule has 0 saturated carbocycles. The molecule has 2 atom stereocenters. The van der Waals surface area contributed by atoms with Gasteiger partial charge in [0, 0.05) is 29.2 Å². The summed E-state index contributed by atoms with van der Waals surface area (Å²) in [6.07, 6.45) is 4.09. The Hall–Kier alpha value is -1.13. The van der Waals surface area contributed by atoms with Crippen molar-refractivity contribution < 1.29 is 0 Å². The zero-order chi connectivity index (χ0) is 15.4. The molecule has 21 heavy (non-hydrogen) atoms. The van der Waals surface area contributed by atoms with Crippen LogP contribution in [0.1, 0.15) is 49.2 Å². The number of rotatable bonds is 6. The molecule has 0 aliphatic heterocycles. The minimum atomic E-state index is 0.289. The van der Waals surface area contributed by atoms with Gasteiger partial charge in [-0.25, -0.2) is 0 Å². The Morgan fingerprint density at radius 3 is 2.71 bits per heavy atom. The van der Waals surface area contributed by atoms with Crippen LogP contribution in [0, 0.1) is 6.92 Å². The second-order valence-corrected chi connectivity index (χ2v) is 6.45. The zero-order valence-corrected chi connectivity index (χ0v) is 14.8. The van der Waals surface area contributed by atoms with Crippen LogP contribution in [0.5, 0.6) is 0 Å². The molecule has 1 aromatic carbocycles. The summed E-state index contributed by atoms with van der Waals surface area (Å²) in [5.41, 5.74) is 3.70. The molecule has 0 saturated heterocycles. The summed E-state index contributed by atoms with van der Waals surface area (Å²) in [5.74, 6) is 0. The second-order valence-electron chi connectivity index (χ2n) is 5.60. The van der Waals surface area contributed by atoms with Gasteiger partial charge < -0.3 is 5.32 Å². The first-order chi connectivity index (χ1) is 10.0. The van der Waals surface area contributed by atoms with Crippen LogP contribution in [0.4, 0.5) is 0 Å². The predicted molar refractivity (Wildman–Crippen MR) is 91.6 cm³/mol. The van der Waals surface area contributed by atoms with Gasteiger partial charge in [0.1, 0.15) is 0 Å². The first-order valence-electron chi connectivity index (χ1n) is 7.52. The highest BCUT2D eigenvalue weighted by molar-refractivity contribution is 9.10. The summed E-state index contributed by atoms with van der Waals surface area (Å²) >= 11 is 3.56. The van der Waals surface area contributed by atoms with Crippen molar-refractivity contribution >= 4 is 15.9 Å². The van der Waals surface area contributed by atoms with E-state index in [1.807, 2.05) is 7.05 Å². The Morgan fingerprint density at radius 2 is 2.10 bits per heavy atom. The number of aryl methyl sites for hydroxylation is 1. The SMILES string of the molecule is CCC(C)n1ccc(CC(NC)c2ccc(Br)c(C)c2)n1. The van der Waals surface area contributed by atoms with Crippen LogP contribution in [-0.4, -0.2) is 16.8 Å². The van der Waals surface area contributed by atoms with Gasteiger partial charge in [0.25, 0.3) is 0 Å². The van der Waals surface area contributed by atoms with Crippen LogP contribution in [0.2, 0.25) is 0 Å².